The van der Waals surface area contributed by atoms with Crippen molar-refractivity contribution in [2.24, 2.45) is 0 Å². The van der Waals surface area contributed by atoms with Crippen LogP contribution in [0.5, 0.6) is 0 Å². The third-order valence-electron chi connectivity index (χ3n) is 6.55. The number of nitrogens with zero attached hydrogens (tertiary/aromatic N) is 2. The lowest BCUT2D eigenvalue weighted by Gasteiger charge is -2.24. The van der Waals surface area contributed by atoms with Crippen LogP contribution in [0.25, 0.3) is 21.7 Å². The zero-order chi connectivity index (χ0) is 24.4. The van der Waals surface area contributed by atoms with Crippen LogP contribution in [-0.2, 0) is 29.6 Å². The van der Waals surface area contributed by atoms with E-state index in [0.717, 1.165) is 36.8 Å². The van der Waals surface area contributed by atoms with E-state index >= 15 is 0 Å². The molecule has 0 aliphatic carbocycles. The quantitative estimate of drug-likeness (QED) is 0.331. The lowest BCUT2D eigenvalue weighted by Crippen LogP contribution is -2.27. The summed E-state index contributed by atoms with van der Waals surface area (Å²) in [6, 6.07) is 31.5. The lowest BCUT2D eigenvalue weighted by atomic mass is 10.1. The number of rotatable bonds is 3. The zero-order valence-electron chi connectivity index (χ0n) is 19.6. The molecule has 6 rings (SSSR count). The minimum atomic E-state index is -4.09. The fourth-order valence-electron chi connectivity index (χ4n) is 4.81. The predicted molar refractivity (Wildman–Crippen MR) is 141 cm³/mol. The zero-order valence-corrected chi connectivity index (χ0v) is 20.4. The SMILES string of the molecule is CN1CCc2c(c3ccccc3n2Cc2ccccc2)C1.O=S(=O)(O)c1ccc2ccccc2c1. The fraction of sp³-hybridized carbons (Fsp3) is 0.172. The van der Waals surface area contributed by atoms with Crippen LogP contribution in [0.15, 0.2) is 102 Å². The molecule has 0 saturated heterocycles. The number of hydrogen-bond acceptors (Lipinski definition) is 3. The Kier molecular flexibility index (Phi) is 6.43. The van der Waals surface area contributed by atoms with E-state index < -0.39 is 10.1 Å². The predicted octanol–water partition coefficient (Wildman–Crippen LogP) is 5.76. The van der Waals surface area contributed by atoms with Crippen molar-refractivity contribution < 1.29 is 13.0 Å². The van der Waals surface area contributed by atoms with Crippen LogP contribution >= 0.6 is 0 Å². The highest BCUT2D eigenvalue weighted by atomic mass is 32.2. The van der Waals surface area contributed by atoms with Gasteiger partial charge in [-0.3, -0.25) is 4.55 Å². The summed E-state index contributed by atoms with van der Waals surface area (Å²) >= 11 is 0. The van der Waals surface area contributed by atoms with Gasteiger partial charge in [0.15, 0.2) is 0 Å². The topological polar surface area (TPSA) is 62.5 Å². The van der Waals surface area contributed by atoms with Gasteiger partial charge in [-0.15, -0.1) is 0 Å². The van der Waals surface area contributed by atoms with Crippen molar-refractivity contribution in [1.82, 2.24) is 9.47 Å². The van der Waals surface area contributed by atoms with Gasteiger partial charge in [0.1, 0.15) is 0 Å². The van der Waals surface area contributed by atoms with Crippen LogP contribution in [0.1, 0.15) is 16.8 Å². The Morgan fingerprint density at radius 3 is 2.29 bits per heavy atom. The second-order valence-corrected chi connectivity index (χ2v) is 10.4. The van der Waals surface area contributed by atoms with Gasteiger partial charge in [-0.25, -0.2) is 0 Å². The summed E-state index contributed by atoms with van der Waals surface area (Å²) in [7, 11) is -1.88. The first-order valence-corrected chi connectivity index (χ1v) is 13.1. The Balaban J connectivity index is 0.000000158. The summed E-state index contributed by atoms with van der Waals surface area (Å²) in [5, 5.41) is 3.16. The van der Waals surface area contributed by atoms with Crippen LogP contribution in [0.2, 0.25) is 0 Å². The fourth-order valence-corrected chi connectivity index (χ4v) is 5.33. The molecule has 5 aromatic rings. The molecule has 0 spiro atoms. The molecule has 5 nitrogen and oxygen atoms in total. The van der Waals surface area contributed by atoms with E-state index in [1.807, 2.05) is 18.2 Å². The Hall–Kier alpha value is -3.45. The van der Waals surface area contributed by atoms with Gasteiger partial charge in [0.25, 0.3) is 10.1 Å². The van der Waals surface area contributed by atoms with Crippen molar-refractivity contribution in [2.75, 3.05) is 13.6 Å². The van der Waals surface area contributed by atoms with E-state index in [1.165, 1.54) is 39.9 Å². The van der Waals surface area contributed by atoms with Crippen LogP contribution in [0.3, 0.4) is 0 Å². The Labute approximate surface area is 206 Å². The largest absolute Gasteiger partial charge is 0.340 e. The van der Waals surface area contributed by atoms with Gasteiger partial charge in [0.2, 0.25) is 0 Å². The highest BCUT2D eigenvalue weighted by Gasteiger charge is 2.21. The summed E-state index contributed by atoms with van der Waals surface area (Å²) in [5.41, 5.74) is 5.80. The van der Waals surface area contributed by atoms with Crippen LogP contribution in [0.4, 0.5) is 0 Å². The highest BCUT2D eigenvalue weighted by molar-refractivity contribution is 7.85. The highest BCUT2D eigenvalue weighted by Crippen LogP contribution is 2.31. The molecule has 35 heavy (non-hydrogen) atoms. The molecule has 0 radical (unpaired) electrons. The standard InChI is InChI=1S/C19H20N2.C10H8O3S/c1-20-12-11-19-17(14-20)16-9-5-6-10-18(16)21(19)13-15-7-3-2-4-8-15;11-14(12,13)10-6-5-8-3-1-2-4-9(8)7-10/h2-10H,11-14H2,1H3;1-7H,(H,11,12,13). The van der Waals surface area contributed by atoms with Crippen molar-refractivity contribution in [3.05, 3.63) is 114 Å². The van der Waals surface area contributed by atoms with Gasteiger partial charge < -0.3 is 9.47 Å². The van der Waals surface area contributed by atoms with Gasteiger partial charge >= 0.3 is 0 Å². The van der Waals surface area contributed by atoms with Gasteiger partial charge in [-0.1, -0.05) is 78.9 Å². The van der Waals surface area contributed by atoms with Crippen LogP contribution < -0.4 is 0 Å². The molecule has 0 unspecified atom stereocenters. The van der Waals surface area contributed by atoms with E-state index in [4.69, 9.17) is 4.55 Å². The number of likely N-dealkylation sites (N-methyl/N-ethyl adjacent to an activating group) is 1. The third-order valence-corrected chi connectivity index (χ3v) is 7.40. The molecule has 0 atom stereocenters. The first kappa shape index (κ1) is 23.3. The molecule has 4 aromatic carbocycles. The van der Waals surface area contributed by atoms with Gasteiger partial charge in [0, 0.05) is 42.7 Å². The average Bonchev–Trinajstić information content (AvgIpc) is 3.17. The van der Waals surface area contributed by atoms with Crippen molar-refractivity contribution >= 4 is 31.8 Å². The third kappa shape index (κ3) is 5.00. The molecule has 2 heterocycles. The maximum absolute atomic E-state index is 10.8. The average molecular weight is 485 g/mol. The molecule has 0 bridgehead atoms. The molecule has 1 aliphatic rings. The molecule has 0 saturated carbocycles. The van der Waals surface area contributed by atoms with Crippen LogP contribution in [-0.4, -0.2) is 36.0 Å². The second-order valence-electron chi connectivity index (χ2n) is 8.99. The maximum atomic E-state index is 10.8. The van der Waals surface area contributed by atoms with Gasteiger partial charge in [-0.2, -0.15) is 8.42 Å². The molecule has 0 amide bonds. The summed E-state index contributed by atoms with van der Waals surface area (Å²) in [5.74, 6) is 0. The minimum Gasteiger partial charge on any atom is -0.340 e. The molecule has 1 aliphatic heterocycles. The summed E-state index contributed by atoms with van der Waals surface area (Å²) in [4.78, 5) is 2.35. The molecular weight excluding hydrogens is 456 g/mol. The molecule has 0 fully saturated rings. The van der Waals surface area contributed by atoms with Gasteiger partial charge in [-0.05, 0) is 47.1 Å². The lowest BCUT2D eigenvalue weighted by molar-refractivity contribution is 0.310. The van der Waals surface area contributed by atoms with Crippen molar-refractivity contribution in [3.8, 4) is 0 Å². The first-order valence-electron chi connectivity index (χ1n) is 11.7. The molecule has 6 heteroatoms. The molecule has 178 valence electrons. The van der Waals surface area contributed by atoms with E-state index in [9.17, 15) is 8.42 Å². The normalized spacial score (nSPS) is 13.9. The maximum Gasteiger partial charge on any atom is 0.294 e. The monoisotopic (exact) mass is 484 g/mol. The van der Waals surface area contributed by atoms with E-state index in [1.54, 1.807) is 12.1 Å². The van der Waals surface area contributed by atoms with Gasteiger partial charge in [0.05, 0.1) is 4.90 Å². The van der Waals surface area contributed by atoms with E-state index in [-0.39, 0.29) is 4.90 Å². The number of aromatic nitrogens is 1. The first-order chi connectivity index (χ1) is 16.9. The number of fused-ring (bicyclic) bond motifs is 4. The summed E-state index contributed by atoms with van der Waals surface area (Å²) in [6.07, 6.45) is 1.15. The number of para-hydroxylation sites is 1. The van der Waals surface area contributed by atoms with Crippen LogP contribution in [0, 0.1) is 0 Å². The van der Waals surface area contributed by atoms with E-state index in [0.29, 0.717) is 0 Å². The molecular formula is C29H28N2O3S. The Bertz CT molecular complexity index is 1590. The van der Waals surface area contributed by atoms with Crippen molar-refractivity contribution in [2.45, 2.75) is 24.4 Å². The smallest absolute Gasteiger partial charge is 0.294 e. The van der Waals surface area contributed by atoms with Crippen molar-refractivity contribution in [3.63, 3.8) is 0 Å². The van der Waals surface area contributed by atoms with Crippen molar-refractivity contribution in [1.29, 1.82) is 0 Å². The summed E-state index contributed by atoms with van der Waals surface area (Å²) < 4.78 is 33.0. The van der Waals surface area contributed by atoms with E-state index in [2.05, 4.69) is 71.1 Å². The minimum absolute atomic E-state index is 0.0730. The molecule has 1 N–H and O–H groups in total. The Morgan fingerprint density at radius 1 is 0.829 bits per heavy atom. The Morgan fingerprint density at radius 2 is 1.51 bits per heavy atom. The summed E-state index contributed by atoms with van der Waals surface area (Å²) in [6.45, 7) is 3.19. The number of benzene rings is 4. The molecule has 1 aromatic heterocycles. The second kappa shape index (κ2) is 9.66. The number of hydrogen-bond donors (Lipinski definition) is 1.